The number of phenolic OH excluding ortho intramolecular Hbond substituents is 2. The summed E-state index contributed by atoms with van der Waals surface area (Å²) >= 11 is 0. The fourth-order valence-electron chi connectivity index (χ4n) is 2.75. The zero-order valence-electron chi connectivity index (χ0n) is 15.8. The Hall–Kier alpha value is -3.49. The maximum atomic E-state index is 12.2. The molecule has 2 aromatic carbocycles. The summed E-state index contributed by atoms with van der Waals surface area (Å²) in [7, 11) is 0. The molecule has 0 atom stereocenters. The zero-order chi connectivity index (χ0) is 21.6. The van der Waals surface area contributed by atoms with Crippen LogP contribution >= 0.6 is 0 Å². The maximum Gasteiger partial charge on any atom is 0.335 e. The number of aromatic carboxylic acids is 1. The summed E-state index contributed by atoms with van der Waals surface area (Å²) in [5.41, 5.74) is -1.39. The SMILES string of the molecule is CCOC(=O)CCCCCOc1cc2cc(C(=O)O)cc(O)c(=O)c2c(O)c1O. The number of carboxylic acids is 1. The second-order valence-electron chi connectivity index (χ2n) is 6.26. The molecule has 2 rings (SSSR count). The number of aromatic hydroxyl groups is 3. The van der Waals surface area contributed by atoms with E-state index in [1.807, 2.05) is 0 Å². The van der Waals surface area contributed by atoms with Crippen LogP contribution in [-0.4, -0.2) is 45.6 Å². The van der Waals surface area contributed by atoms with Crippen LogP contribution in [0.4, 0.5) is 0 Å². The minimum atomic E-state index is -1.38. The number of benzene rings is 1. The third-order valence-corrected chi connectivity index (χ3v) is 4.17. The highest BCUT2D eigenvalue weighted by atomic mass is 16.5. The topological polar surface area (TPSA) is 151 Å². The van der Waals surface area contributed by atoms with Gasteiger partial charge in [-0.3, -0.25) is 9.59 Å². The Morgan fingerprint density at radius 3 is 2.38 bits per heavy atom. The van der Waals surface area contributed by atoms with E-state index in [-0.39, 0.29) is 29.3 Å². The van der Waals surface area contributed by atoms with Crippen molar-refractivity contribution in [2.75, 3.05) is 13.2 Å². The van der Waals surface area contributed by atoms with Crippen LogP contribution in [0.15, 0.2) is 23.0 Å². The summed E-state index contributed by atoms with van der Waals surface area (Å²) < 4.78 is 10.3. The summed E-state index contributed by atoms with van der Waals surface area (Å²) in [6.45, 7) is 2.21. The molecule has 0 aromatic heterocycles. The van der Waals surface area contributed by atoms with Gasteiger partial charge in [0.05, 0.1) is 24.2 Å². The molecule has 9 nitrogen and oxygen atoms in total. The van der Waals surface area contributed by atoms with Crippen LogP contribution in [0.5, 0.6) is 23.0 Å². The van der Waals surface area contributed by atoms with Crippen LogP contribution in [-0.2, 0) is 9.53 Å². The molecular weight excluding hydrogens is 384 g/mol. The first-order chi connectivity index (χ1) is 13.8. The van der Waals surface area contributed by atoms with Crippen molar-refractivity contribution in [1.29, 1.82) is 0 Å². The molecule has 29 heavy (non-hydrogen) atoms. The molecule has 0 saturated carbocycles. The molecule has 2 aromatic rings. The number of ether oxygens (including phenoxy) is 2. The van der Waals surface area contributed by atoms with Gasteiger partial charge in [-0.15, -0.1) is 0 Å². The molecule has 0 aliphatic heterocycles. The number of esters is 1. The van der Waals surface area contributed by atoms with Gasteiger partial charge in [-0.25, -0.2) is 4.79 Å². The van der Waals surface area contributed by atoms with Crippen molar-refractivity contribution < 1.29 is 39.5 Å². The molecule has 0 aliphatic carbocycles. The number of carbonyl (C=O) groups is 2. The highest BCUT2D eigenvalue weighted by Gasteiger charge is 2.18. The predicted molar refractivity (Wildman–Crippen MR) is 103 cm³/mol. The van der Waals surface area contributed by atoms with Crippen molar-refractivity contribution in [2.45, 2.75) is 32.6 Å². The van der Waals surface area contributed by atoms with Crippen LogP contribution in [0.1, 0.15) is 43.0 Å². The van der Waals surface area contributed by atoms with E-state index in [1.165, 1.54) is 6.07 Å². The highest BCUT2D eigenvalue weighted by Crippen LogP contribution is 2.41. The number of fused-ring (bicyclic) bond motifs is 1. The molecule has 0 saturated heterocycles. The van der Waals surface area contributed by atoms with Gasteiger partial charge in [0.25, 0.3) is 0 Å². The van der Waals surface area contributed by atoms with Crippen molar-refractivity contribution in [3.8, 4) is 23.0 Å². The Morgan fingerprint density at radius 1 is 1.00 bits per heavy atom. The molecule has 0 fully saturated rings. The maximum absolute atomic E-state index is 12.2. The van der Waals surface area contributed by atoms with Crippen LogP contribution in [0.3, 0.4) is 0 Å². The lowest BCUT2D eigenvalue weighted by atomic mass is 10.1. The molecule has 0 amide bonds. The molecule has 0 aliphatic rings. The summed E-state index contributed by atoms with van der Waals surface area (Å²) in [5.74, 6) is -4.17. The summed E-state index contributed by atoms with van der Waals surface area (Å²) in [6, 6.07) is 3.08. The van der Waals surface area contributed by atoms with Crippen LogP contribution in [0, 0.1) is 0 Å². The molecular formula is C20H22O9. The Bertz CT molecular complexity index is 982. The van der Waals surface area contributed by atoms with E-state index in [2.05, 4.69) is 0 Å². The molecule has 0 unspecified atom stereocenters. The quantitative estimate of drug-likeness (QED) is 0.280. The van der Waals surface area contributed by atoms with Gasteiger partial charge in [0.1, 0.15) is 0 Å². The summed E-state index contributed by atoms with van der Waals surface area (Å²) in [5, 5.41) is 38.8. The average Bonchev–Trinajstić information content (AvgIpc) is 2.79. The van der Waals surface area contributed by atoms with Gasteiger partial charge in [-0.2, -0.15) is 0 Å². The van der Waals surface area contributed by atoms with Gasteiger partial charge >= 0.3 is 11.9 Å². The van der Waals surface area contributed by atoms with Crippen molar-refractivity contribution in [1.82, 2.24) is 0 Å². The Balaban J connectivity index is 2.20. The van der Waals surface area contributed by atoms with E-state index in [0.717, 1.165) is 12.1 Å². The fraction of sp³-hybridized carbons (Fsp3) is 0.350. The smallest absolute Gasteiger partial charge is 0.335 e. The molecule has 0 spiro atoms. The Morgan fingerprint density at radius 2 is 1.72 bits per heavy atom. The summed E-state index contributed by atoms with van der Waals surface area (Å²) in [6.07, 6.45) is 2.11. The lowest BCUT2D eigenvalue weighted by Crippen LogP contribution is -2.04. The molecule has 156 valence electrons. The minimum Gasteiger partial charge on any atom is -0.504 e. The van der Waals surface area contributed by atoms with Gasteiger partial charge in [-0.1, -0.05) is 0 Å². The van der Waals surface area contributed by atoms with Crippen LogP contribution in [0.25, 0.3) is 10.8 Å². The van der Waals surface area contributed by atoms with Gasteiger partial charge in [-0.05, 0) is 49.8 Å². The third kappa shape index (κ3) is 5.28. The second-order valence-corrected chi connectivity index (χ2v) is 6.26. The zero-order valence-corrected chi connectivity index (χ0v) is 15.8. The van der Waals surface area contributed by atoms with Crippen molar-refractivity contribution in [3.05, 3.63) is 34.0 Å². The number of unbranched alkanes of at least 4 members (excludes halogenated alkanes) is 2. The number of carboxylic acid groups (broad SMARTS) is 1. The first-order valence-corrected chi connectivity index (χ1v) is 9.04. The third-order valence-electron chi connectivity index (χ3n) is 4.17. The summed E-state index contributed by atoms with van der Waals surface area (Å²) in [4.78, 5) is 34.7. The molecule has 0 radical (unpaired) electrons. The second kappa shape index (κ2) is 9.63. The number of carbonyl (C=O) groups excluding carboxylic acids is 1. The molecule has 4 N–H and O–H groups in total. The lowest BCUT2D eigenvalue weighted by Gasteiger charge is -2.10. The number of hydrogen-bond acceptors (Lipinski definition) is 8. The molecule has 9 heteroatoms. The first kappa shape index (κ1) is 21.8. The monoisotopic (exact) mass is 406 g/mol. The highest BCUT2D eigenvalue weighted by molar-refractivity contribution is 5.97. The average molecular weight is 406 g/mol. The number of hydrogen-bond donors (Lipinski definition) is 4. The largest absolute Gasteiger partial charge is 0.504 e. The van der Waals surface area contributed by atoms with E-state index in [0.29, 0.717) is 32.3 Å². The fourth-order valence-corrected chi connectivity index (χ4v) is 2.75. The van der Waals surface area contributed by atoms with E-state index in [1.54, 1.807) is 6.92 Å². The van der Waals surface area contributed by atoms with Crippen molar-refractivity contribution in [3.63, 3.8) is 0 Å². The number of phenols is 2. The lowest BCUT2D eigenvalue weighted by molar-refractivity contribution is -0.143. The normalized spacial score (nSPS) is 10.7. The van der Waals surface area contributed by atoms with Gasteiger partial charge in [0.2, 0.25) is 11.2 Å². The van der Waals surface area contributed by atoms with E-state index in [4.69, 9.17) is 9.47 Å². The Kier molecular flexibility index (Phi) is 7.24. The first-order valence-electron chi connectivity index (χ1n) is 9.04. The van der Waals surface area contributed by atoms with E-state index >= 15 is 0 Å². The molecule has 0 bridgehead atoms. The van der Waals surface area contributed by atoms with Crippen LogP contribution < -0.4 is 10.2 Å². The molecule has 0 heterocycles. The van der Waals surface area contributed by atoms with Crippen LogP contribution in [0.2, 0.25) is 0 Å². The Labute approximate surface area is 165 Å². The standard InChI is InChI=1S/C20H22O9/c1-2-28-15(22)6-4-3-5-7-29-14-10-11-8-12(20(26)27)9-13(21)17(23)16(11)19(25)18(14)24/h8-10,24-25H,2-7H2,1H3,(H,21,23)(H,26,27). The van der Waals surface area contributed by atoms with Crippen molar-refractivity contribution >= 4 is 22.7 Å². The predicted octanol–water partition coefficient (Wildman–Crippen LogP) is 2.52. The van der Waals surface area contributed by atoms with Gasteiger partial charge < -0.3 is 29.9 Å². The van der Waals surface area contributed by atoms with E-state index in [9.17, 15) is 34.8 Å². The van der Waals surface area contributed by atoms with Crippen molar-refractivity contribution in [2.24, 2.45) is 0 Å². The van der Waals surface area contributed by atoms with Gasteiger partial charge in [0, 0.05) is 6.42 Å². The van der Waals surface area contributed by atoms with E-state index < -0.39 is 34.0 Å². The van der Waals surface area contributed by atoms with Gasteiger partial charge in [0.15, 0.2) is 17.2 Å². The number of rotatable bonds is 9. The minimum absolute atomic E-state index is 0.0136.